The molecule has 0 aliphatic rings. The lowest BCUT2D eigenvalue weighted by molar-refractivity contribution is -0.385. The Morgan fingerprint density at radius 2 is 1.85 bits per heavy atom. The lowest BCUT2D eigenvalue weighted by Crippen LogP contribution is -1.93. The fraction of sp³-hybridized carbons (Fsp3) is 0.0667. The second-order valence-corrected chi connectivity index (χ2v) is 4.08. The number of hydrogen-bond acceptors (Lipinski definition) is 3. The molecule has 0 N–H and O–H groups in total. The van der Waals surface area contributed by atoms with Crippen molar-refractivity contribution < 1.29 is 14.1 Å². The number of nitro benzene ring substituents is 1. The van der Waals surface area contributed by atoms with Gasteiger partial charge in [-0.2, -0.15) is 0 Å². The average Bonchev–Trinajstić information content (AvgIpc) is 2.45. The van der Waals surface area contributed by atoms with Crippen molar-refractivity contribution in [1.29, 1.82) is 0 Å². The third-order valence-corrected chi connectivity index (χ3v) is 2.72. The molecule has 0 unspecified atom stereocenters. The Morgan fingerprint density at radius 3 is 2.45 bits per heavy atom. The van der Waals surface area contributed by atoms with E-state index in [4.69, 9.17) is 4.74 Å². The molecule has 0 aliphatic carbocycles. The smallest absolute Gasteiger partial charge is 0.311 e. The Morgan fingerprint density at radius 1 is 1.15 bits per heavy atom. The normalized spacial score (nSPS) is 10.7. The second kappa shape index (κ2) is 5.97. The quantitative estimate of drug-likeness (QED) is 0.482. The van der Waals surface area contributed by atoms with Crippen LogP contribution in [0, 0.1) is 15.9 Å². The summed E-state index contributed by atoms with van der Waals surface area (Å²) in [5, 5.41) is 10.9. The Labute approximate surface area is 115 Å². The number of benzene rings is 2. The maximum absolute atomic E-state index is 13.0. The summed E-state index contributed by atoms with van der Waals surface area (Å²) in [6.07, 6.45) is 3.37. The Bertz CT molecular complexity index is 668. The van der Waals surface area contributed by atoms with E-state index in [0.717, 1.165) is 0 Å². The zero-order valence-corrected chi connectivity index (χ0v) is 10.7. The third-order valence-electron chi connectivity index (χ3n) is 2.72. The van der Waals surface area contributed by atoms with E-state index in [1.54, 1.807) is 30.4 Å². The predicted octanol–water partition coefficient (Wildman–Crippen LogP) is 3.91. The Kier molecular flexibility index (Phi) is 4.10. The second-order valence-electron chi connectivity index (χ2n) is 4.08. The molecule has 2 rings (SSSR count). The largest absolute Gasteiger partial charge is 0.490 e. The average molecular weight is 273 g/mol. The van der Waals surface area contributed by atoms with Crippen LogP contribution >= 0.6 is 0 Å². The third kappa shape index (κ3) is 3.20. The van der Waals surface area contributed by atoms with Crippen LogP contribution in [0.3, 0.4) is 0 Å². The summed E-state index contributed by atoms with van der Waals surface area (Å²) in [4.78, 5) is 10.4. The van der Waals surface area contributed by atoms with Gasteiger partial charge in [0.15, 0.2) is 5.75 Å². The van der Waals surface area contributed by atoms with Crippen LogP contribution in [0.1, 0.15) is 11.1 Å². The molecule has 4 nitrogen and oxygen atoms in total. The van der Waals surface area contributed by atoms with Crippen LogP contribution in [0.15, 0.2) is 42.5 Å². The van der Waals surface area contributed by atoms with Crippen molar-refractivity contribution in [2.45, 2.75) is 0 Å². The van der Waals surface area contributed by atoms with Crippen molar-refractivity contribution in [1.82, 2.24) is 0 Å². The highest BCUT2D eigenvalue weighted by atomic mass is 19.1. The van der Waals surface area contributed by atoms with Crippen molar-refractivity contribution >= 4 is 17.8 Å². The molecule has 0 fully saturated rings. The summed E-state index contributed by atoms with van der Waals surface area (Å²) in [5.41, 5.74) is 1.22. The summed E-state index contributed by atoms with van der Waals surface area (Å²) in [5.74, 6) is -0.120. The maximum atomic E-state index is 13.0. The number of nitrogens with zero attached hydrogens (tertiary/aromatic N) is 1. The number of nitro groups is 1. The van der Waals surface area contributed by atoms with Crippen molar-refractivity contribution in [3.05, 3.63) is 69.5 Å². The van der Waals surface area contributed by atoms with Gasteiger partial charge in [0, 0.05) is 6.07 Å². The molecule has 0 amide bonds. The standard InChI is InChI=1S/C15H12FNO3/c1-20-15-8-7-12(10-14(15)17(18)19)6-5-11-3-2-4-13(16)9-11/h2-10H,1H3. The van der Waals surface area contributed by atoms with E-state index in [9.17, 15) is 14.5 Å². The zero-order valence-electron chi connectivity index (χ0n) is 10.7. The number of rotatable bonds is 4. The van der Waals surface area contributed by atoms with Gasteiger partial charge in [-0.3, -0.25) is 10.1 Å². The summed E-state index contributed by atoms with van der Waals surface area (Å²) < 4.78 is 17.9. The Hall–Kier alpha value is -2.69. The first-order chi connectivity index (χ1) is 9.60. The van der Waals surface area contributed by atoms with Crippen LogP contribution in [0.5, 0.6) is 5.75 Å². The molecule has 2 aromatic rings. The monoisotopic (exact) mass is 273 g/mol. The van der Waals surface area contributed by atoms with E-state index >= 15 is 0 Å². The van der Waals surface area contributed by atoms with Crippen LogP contribution in [0.4, 0.5) is 10.1 Å². The molecule has 102 valence electrons. The van der Waals surface area contributed by atoms with E-state index in [2.05, 4.69) is 0 Å². The first-order valence-corrected chi connectivity index (χ1v) is 5.86. The maximum Gasteiger partial charge on any atom is 0.311 e. The number of methoxy groups -OCH3 is 1. The Balaban J connectivity index is 2.30. The van der Waals surface area contributed by atoms with Crippen LogP contribution in [-0.4, -0.2) is 12.0 Å². The molecule has 0 heterocycles. The highest BCUT2D eigenvalue weighted by Gasteiger charge is 2.14. The predicted molar refractivity (Wildman–Crippen MR) is 75.0 cm³/mol. The van der Waals surface area contributed by atoms with E-state index in [1.807, 2.05) is 0 Å². The number of ether oxygens (including phenoxy) is 1. The molecular formula is C15H12FNO3. The van der Waals surface area contributed by atoms with Gasteiger partial charge >= 0.3 is 5.69 Å². The van der Waals surface area contributed by atoms with Crippen LogP contribution in [0.25, 0.3) is 12.2 Å². The highest BCUT2D eigenvalue weighted by Crippen LogP contribution is 2.28. The molecule has 20 heavy (non-hydrogen) atoms. The molecule has 2 aromatic carbocycles. The van der Waals surface area contributed by atoms with Gasteiger partial charge in [0.25, 0.3) is 0 Å². The number of halogens is 1. The van der Waals surface area contributed by atoms with E-state index in [0.29, 0.717) is 11.1 Å². The minimum Gasteiger partial charge on any atom is -0.490 e. The summed E-state index contributed by atoms with van der Waals surface area (Å²) in [7, 11) is 1.38. The van der Waals surface area contributed by atoms with Gasteiger partial charge in [-0.05, 0) is 29.3 Å². The van der Waals surface area contributed by atoms with Crippen LogP contribution < -0.4 is 4.74 Å². The molecule has 0 radical (unpaired) electrons. The topological polar surface area (TPSA) is 52.4 Å². The first kappa shape index (κ1) is 13.7. The zero-order chi connectivity index (χ0) is 14.5. The van der Waals surface area contributed by atoms with Crippen LogP contribution in [0.2, 0.25) is 0 Å². The van der Waals surface area contributed by atoms with Crippen molar-refractivity contribution in [2.24, 2.45) is 0 Å². The van der Waals surface area contributed by atoms with Crippen molar-refractivity contribution in [2.75, 3.05) is 7.11 Å². The molecule has 0 spiro atoms. The van der Waals surface area contributed by atoms with Crippen molar-refractivity contribution in [3.63, 3.8) is 0 Å². The van der Waals surface area contributed by atoms with Crippen LogP contribution in [-0.2, 0) is 0 Å². The molecule has 0 saturated carbocycles. The molecule has 0 atom stereocenters. The van der Waals surface area contributed by atoms with Gasteiger partial charge in [-0.1, -0.05) is 30.4 Å². The summed E-state index contributed by atoms with van der Waals surface area (Å²) >= 11 is 0. The minimum atomic E-state index is -0.502. The van der Waals surface area contributed by atoms with E-state index < -0.39 is 4.92 Å². The first-order valence-electron chi connectivity index (χ1n) is 5.86. The van der Waals surface area contributed by atoms with Gasteiger partial charge in [0.05, 0.1) is 12.0 Å². The molecule has 0 saturated heterocycles. The minimum absolute atomic E-state index is 0.103. The van der Waals surface area contributed by atoms with Gasteiger partial charge in [-0.25, -0.2) is 4.39 Å². The molecule has 5 heteroatoms. The van der Waals surface area contributed by atoms with Crippen molar-refractivity contribution in [3.8, 4) is 5.75 Å². The molecule has 0 bridgehead atoms. The SMILES string of the molecule is COc1ccc(C=Cc2cccc(F)c2)cc1[N+](=O)[O-]. The van der Waals surface area contributed by atoms with Gasteiger partial charge in [0.1, 0.15) is 5.82 Å². The fourth-order valence-corrected chi connectivity index (χ4v) is 1.76. The molecule has 0 aromatic heterocycles. The van der Waals surface area contributed by atoms with Gasteiger partial charge in [-0.15, -0.1) is 0 Å². The fourth-order valence-electron chi connectivity index (χ4n) is 1.76. The molecular weight excluding hydrogens is 261 g/mol. The number of hydrogen-bond donors (Lipinski definition) is 0. The van der Waals surface area contributed by atoms with E-state index in [-0.39, 0.29) is 17.3 Å². The van der Waals surface area contributed by atoms with Gasteiger partial charge in [0.2, 0.25) is 0 Å². The van der Waals surface area contributed by atoms with Gasteiger partial charge < -0.3 is 4.74 Å². The highest BCUT2D eigenvalue weighted by molar-refractivity contribution is 5.71. The van der Waals surface area contributed by atoms with E-state index in [1.165, 1.54) is 31.4 Å². The molecule has 0 aliphatic heterocycles. The lowest BCUT2D eigenvalue weighted by Gasteiger charge is -2.02. The lowest BCUT2D eigenvalue weighted by atomic mass is 10.1. The summed E-state index contributed by atoms with van der Waals surface area (Å²) in [6, 6.07) is 10.7. The summed E-state index contributed by atoms with van der Waals surface area (Å²) in [6.45, 7) is 0.